The van der Waals surface area contributed by atoms with Crippen LogP contribution in [0.5, 0.6) is 0 Å². The lowest BCUT2D eigenvalue weighted by molar-refractivity contribution is -0.117. The quantitative estimate of drug-likeness (QED) is 0.807. The van der Waals surface area contributed by atoms with Gasteiger partial charge in [0.2, 0.25) is 5.91 Å². The van der Waals surface area contributed by atoms with Crippen LogP contribution in [0.15, 0.2) is 24.3 Å². The number of nitrogens with zero attached hydrogens (tertiary/aromatic N) is 1. The summed E-state index contributed by atoms with van der Waals surface area (Å²) in [6, 6.07) is 6.95. The summed E-state index contributed by atoms with van der Waals surface area (Å²) < 4.78 is 0. The molecule has 5 nitrogen and oxygen atoms in total. The van der Waals surface area contributed by atoms with Crippen LogP contribution in [-0.4, -0.2) is 47.9 Å². The van der Waals surface area contributed by atoms with Crippen molar-refractivity contribution < 1.29 is 14.7 Å². The van der Waals surface area contributed by atoms with E-state index in [9.17, 15) is 14.7 Å². The van der Waals surface area contributed by atoms with E-state index in [0.717, 1.165) is 25.9 Å². The van der Waals surface area contributed by atoms with Crippen LogP contribution in [0, 0.1) is 5.92 Å². The number of aliphatic hydroxyl groups excluding tert-OH is 1. The number of hydrogen-bond acceptors (Lipinski definition) is 4. The van der Waals surface area contributed by atoms with E-state index in [0.29, 0.717) is 17.8 Å². The fraction of sp³-hybridized carbons (Fsp3) is 0.500. The maximum Gasteiger partial charge on any atom is 0.238 e. The first-order valence-corrected chi connectivity index (χ1v) is 7.32. The number of Topliss-reactive ketones (excluding diaryl/α,β-unsaturated/α-hetero) is 1. The Balaban J connectivity index is 1.89. The van der Waals surface area contributed by atoms with Crippen molar-refractivity contribution in [3.05, 3.63) is 29.8 Å². The molecule has 1 aliphatic rings. The highest BCUT2D eigenvalue weighted by Gasteiger charge is 2.20. The van der Waals surface area contributed by atoms with E-state index < -0.39 is 0 Å². The molecule has 0 bridgehead atoms. The van der Waals surface area contributed by atoms with Crippen LogP contribution >= 0.6 is 0 Å². The van der Waals surface area contributed by atoms with Gasteiger partial charge in [-0.05, 0) is 44.4 Å². The SMILES string of the molecule is CC(=O)c1cccc(NC(=O)CN2CCCC(CO)C2)c1. The molecule has 0 aliphatic carbocycles. The largest absolute Gasteiger partial charge is 0.396 e. The summed E-state index contributed by atoms with van der Waals surface area (Å²) in [4.78, 5) is 25.4. The Hall–Kier alpha value is -1.72. The molecular weight excluding hydrogens is 268 g/mol. The molecule has 0 radical (unpaired) electrons. The number of aliphatic hydroxyl groups is 1. The number of ketones is 1. The summed E-state index contributed by atoms with van der Waals surface area (Å²) in [5.74, 6) is 0.162. The number of nitrogens with one attached hydrogen (secondary N) is 1. The molecular formula is C16H22N2O3. The number of rotatable bonds is 5. The Bertz CT molecular complexity index is 516. The summed E-state index contributed by atoms with van der Waals surface area (Å²) in [6.07, 6.45) is 2.04. The van der Waals surface area contributed by atoms with Gasteiger partial charge in [-0.1, -0.05) is 12.1 Å². The lowest BCUT2D eigenvalue weighted by Crippen LogP contribution is -2.41. The number of hydrogen-bond donors (Lipinski definition) is 2. The lowest BCUT2D eigenvalue weighted by atomic mass is 9.99. The van der Waals surface area contributed by atoms with Gasteiger partial charge in [0.1, 0.15) is 0 Å². The van der Waals surface area contributed by atoms with Gasteiger partial charge < -0.3 is 10.4 Å². The van der Waals surface area contributed by atoms with E-state index >= 15 is 0 Å². The molecule has 1 aromatic rings. The second-order valence-electron chi connectivity index (χ2n) is 5.61. The molecule has 1 heterocycles. The zero-order valence-corrected chi connectivity index (χ0v) is 12.3. The first-order chi connectivity index (χ1) is 10.1. The number of amides is 1. The molecule has 2 N–H and O–H groups in total. The van der Waals surface area contributed by atoms with Crippen LogP contribution in [0.25, 0.3) is 0 Å². The highest BCUT2D eigenvalue weighted by atomic mass is 16.3. The Kier molecular flexibility index (Phi) is 5.47. The Labute approximate surface area is 125 Å². The first kappa shape index (κ1) is 15.7. The standard InChI is InChI=1S/C16H22N2O3/c1-12(20)14-5-2-6-15(8-14)17-16(21)10-18-7-3-4-13(9-18)11-19/h2,5-6,8,13,19H,3-4,7,9-11H2,1H3,(H,17,21). The maximum atomic E-state index is 12.1. The lowest BCUT2D eigenvalue weighted by Gasteiger charge is -2.31. The molecule has 1 atom stereocenters. The van der Waals surface area contributed by atoms with Crippen LogP contribution < -0.4 is 5.32 Å². The molecule has 1 aliphatic heterocycles. The van der Waals surface area contributed by atoms with Crippen molar-refractivity contribution in [3.8, 4) is 0 Å². The van der Waals surface area contributed by atoms with Gasteiger partial charge in [0.25, 0.3) is 0 Å². The summed E-state index contributed by atoms with van der Waals surface area (Å²) in [7, 11) is 0. The van der Waals surface area contributed by atoms with Gasteiger partial charge in [0.15, 0.2) is 5.78 Å². The van der Waals surface area contributed by atoms with Crippen molar-refractivity contribution in [1.29, 1.82) is 0 Å². The van der Waals surface area contributed by atoms with Gasteiger partial charge in [-0.2, -0.15) is 0 Å². The van der Waals surface area contributed by atoms with Crippen LogP contribution in [0.3, 0.4) is 0 Å². The van der Waals surface area contributed by atoms with Crippen LogP contribution in [0.1, 0.15) is 30.1 Å². The van der Waals surface area contributed by atoms with Gasteiger partial charge in [0, 0.05) is 24.4 Å². The number of likely N-dealkylation sites (tertiary alicyclic amines) is 1. The van der Waals surface area contributed by atoms with Crippen LogP contribution in [-0.2, 0) is 4.79 Å². The minimum absolute atomic E-state index is 0.0204. The third-order valence-corrected chi connectivity index (χ3v) is 3.78. The Morgan fingerprint density at radius 2 is 2.24 bits per heavy atom. The average molecular weight is 290 g/mol. The van der Waals surface area contributed by atoms with E-state index in [1.54, 1.807) is 24.3 Å². The minimum Gasteiger partial charge on any atom is -0.396 e. The number of carbonyl (C=O) groups is 2. The molecule has 1 aromatic carbocycles. The molecule has 21 heavy (non-hydrogen) atoms. The summed E-state index contributed by atoms with van der Waals surface area (Å²) >= 11 is 0. The monoisotopic (exact) mass is 290 g/mol. The molecule has 1 unspecified atom stereocenters. The molecule has 0 saturated carbocycles. The van der Waals surface area contributed by atoms with E-state index in [2.05, 4.69) is 10.2 Å². The Morgan fingerprint density at radius 3 is 2.95 bits per heavy atom. The first-order valence-electron chi connectivity index (χ1n) is 7.32. The number of carbonyl (C=O) groups excluding carboxylic acids is 2. The van der Waals surface area contributed by atoms with E-state index in [1.807, 2.05) is 0 Å². The van der Waals surface area contributed by atoms with Gasteiger partial charge in [0.05, 0.1) is 6.54 Å². The van der Waals surface area contributed by atoms with Crippen molar-refractivity contribution in [2.45, 2.75) is 19.8 Å². The van der Waals surface area contributed by atoms with E-state index in [1.165, 1.54) is 6.92 Å². The zero-order valence-electron chi connectivity index (χ0n) is 12.3. The summed E-state index contributed by atoms with van der Waals surface area (Å²) in [5, 5.41) is 12.0. The number of piperidine rings is 1. The smallest absolute Gasteiger partial charge is 0.238 e. The zero-order chi connectivity index (χ0) is 15.2. The van der Waals surface area contributed by atoms with Gasteiger partial charge >= 0.3 is 0 Å². The fourth-order valence-corrected chi connectivity index (χ4v) is 2.66. The Morgan fingerprint density at radius 1 is 1.43 bits per heavy atom. The molecule has 1 fully saturated rings. The fourth-order valence-electron chi connectivity index (χ4n) is 2.66. The van der Waals surface area contributed by atoms with Gasteiger partial charge in [-0.25, -0.2) is 0 Å². The predicted molar refractivity (Wildman–Crippen MR) is 81.3 cm³/mol. The van der Waals surface area contributed by atoms with Gasteiger partial charge in [-0.15, -0.1) is 0 Å². The van der Waals surface area contributed by atoms with E-state index in [4.69, 9.17) is 0 Å². The molecule has 0 aromatic heterocycles. The van der Waals surface area contributed by atoms with Crippen molar-refractivity contribution >= 4 is 17.4 Å². The molecule has 5 heteroatoms. The van der Waals surface area contributed by atoms with Crippen LogP contribution in [0.4, 0.5) is 5.69 Å². The van der Waals surface area contributed by atoms with Crippen LogP contribution in [0.2, 0.25) is 0 Å². The maximum absolute atomic E-state index is 12.1. The third kappa shape index (κ3) is 4.65. The van der Waals surface area contributed by atoms with Crippen molar-refractivity contribution in [3.63, 3.8) is 0 Å². The molecule has 2 rings (SSSR count). The number of benzene rings is 1. The highest BCUT2D eigenvalue weighted by Crippen LogP contribution is 2.16. The van der Waals surface area contributed by atoms with Crippen molar-refractivity contribution in [2.24, 2.45) is 5.92 Å². The molecule has 1 amide bonds. The third-order valence-electron chi connectivity index (χ3n) is 3.78. The van der Waals surface area contributed by atoms with Crippen molar-refractivity contribution in [2.75, 3.05) is 31.6 Å². The molecule has 114 valence electrons. The number of anilines is 1. The normalized spacial score (nSPS) is 19.2. The second kappa shape index (κ2) is 7.33. The minimum atomic E-state index is -0.0886. The predicted octanol–water partition coefficient (Wildman–Crippen LogP) is 1.53. The van der Waals surface area contributed by atoms with Crippen molar-refractivity contribution in [1.82, 2.24) is 4.90 Å². The molecule has 0 spiro atoms. The summed E-state index contributed by atoms with van der Waals surface area (Å²) in [5.41, 5.74) is 1.23. The average Bonchev–Trinajstić information content (AvgIpc) is 2.47. The highest BCUT2D eigenvalue weighted by molar-refractivity contribution is 5.97. The molecule has 1 saturated heterocycles. The summed E-state index contributed by atoms with van der Waals surface area (Å²) in [6.45, 7) is 3.65. The second-order valence-corrected chi connectivity index (χ2v) is 5.61. The van der Waals surface area contributed by atoms with E-state index in [-0.39, 0.29) is 24.2 Å². The topological polar surface area (TPSA) is 69.6 Å². The van der Waals surface area contributed by atoms with Gasteiger partial charge in [-0.3, -0.25) is 14.5 Å².